The molecule has 0 radical (unpaired) electrons. The number of nitrogens with zero attached hydrogens (tertiary/aromatic N) is 4. The number of anilines is 1. The molecule has 2 heterocycles. The Hall–Kier alpha value is -3.43. The van der Waals surface area contributed by atoms with Crippen LogP contribution in [-0.2, 0) is 10.0 Å². The number of imidazole rings is 1. The molecule has 4 rings (SSSR count). The minimum absolute atomic E-state index is 0.128. The van der Waals surface area contributed by atoms with E-state index in [-0.39, 0.29) is 4.90 Å². The summed E-state index contributed by atoms with van der Waals surface area (Å²) in [6.45, 7) is 1.71. The first kappa shape index (κ1) is 19.9. The molecule has 0 atom stereocenters. The SMILES string of the molecule is Cc1ccc(Cl)cc1S(=O)(=O)Nc1ccc(Oc2cc(-n3ccnc3)ncn2)cc1. The van der Waals surface area contributed by atoms with Gasteiger partial charge in [0.25, 0.3) is 10.0 Å². The molecular weight excluding hydrogens is 426 g/mol. The van der Waals surface area contributed by atoms with E-state index in [2.05, 4.69) is 19.7 Å². The average Bonchev–Trinajstić information content (AvgIpc) is 3.26. The molecule has 152 valence electrons. The number of benzene rings is 2. The van der Waals surface area contributed by atoms with Crippen molar-refractivity contribution in [1.82, 2.24) is 19.5 Å². The van der Waals surface area contributed by atoms with Gasteiger partial charge in [-0.05, 0) is 48.9 Å². The average molecular weight is 442 g/mol. The monoisotopic (exact) mass is 441 g/mol. The van der Waals surface area contributed by atoms with Crippen LogP contribution in [0.5, 0.6) is 11.6 Å². The molecule has 4 aromatic rings. The Morgan fingerprint density at radius 3 is 2.60 bits per heavy atom. The van der Waals surface area contributed by atoms with Gasteiger partial charge in [0.05, 0.1) is 4.90 Å². The van der Waals surface area contributed by atoms with Crippen LogP contribution >= 0.6 is 11.6 Å². The number of ether oxygens (including phenoxy) is 1. The van der Waals surface area contributed by atoms with Crippen molar-refractivity contribution in [3.63, 3.8) is 0 Å². The quantitative estimate of drug-likeness (QED) is 0.481. The lowest BCUT2D eigenvalue weighted by Gasteiger charge is -2.11. The van der Waals surface area contributed by atoms with Crippen LogP contribution in [-0.4, -0.2) is 27.9 Å². The summed E-state index contributed by atoms with van der Waals surface area (Å²) in [7, 11) is -3.77. The number of aromatic nitrogens is 4. The van der Waals surface area contributed by atoms with E-state index in [1.807, 2.05) is 0 Å². The van der Waals surface area contributed by atoms with Gasteiger partial charge < -0.3 is 4.74 Å². The molecule has 30 heavy (non-hydrogen) atoms. The lowest BCUT2D eigenvalue weighted by Crippen LogP contribution is -2.14. The maximum Gasteiger partial charge on any atom is 0.262 e. The molecule has 0 aliphatic rings. The van der Waals surface area contributed by atoms with Gasteiger partial charge in [-0.25, -0.2) is 23.4 Å². The molecule has 2 aromatic carbocycles. The fourth-order valence-electron chi connectivity index (χ4n) is 2.71. The third kappa shape index (κ3) is 4.42. The largest absolute Gasteiger partial charge is 0.439 e. The summed E-state index contributed by atoms with van der Waals surface area (Å²) >= 11 is 5.94. The van der Waals surface area contributed by atoms with E-state index in [4.69, 9.17) is 16.3 Å². The van der Waals surface area contributed by atoms with Gasteiger partial charge in [0.2, 0.25) is 5.88 Å². The van der Waals surface area contributed by atoms with E-state index in [1.54, 1.807) is 72.7 Å². The molecule has 0 saturated heterocycles. The minimum Gasteiger partial charge on any atom is -0.439 e. The summed E-state index contributed by atoms with van der Waals surface area (Å²) in [5, 5.41) is 0.352. The van der Waals surface area contributed by atoms with Gasteiger partial charge in [0.15, 0.2) is 0 Å². The molecule has 0 aliphatic heterocycles. The normalized spacial score (nSPS) is 11.3. The molecule has 0 amide bonds. The van der Waals surface area contributed by atoms with Crippen molar-refractivity contribution >= 4 is 27.3 Å². The zero-order valence-corrected chi connectivity index (χ0v) is 17.3. The first-order valence-electron chi connectivity index (χ1n) is 8.78. The van der Waals surface area contributed by atoms with E-state index >= 15 is 0 Å². The Labute approximate surface area is 178 Å². The van der Waals surface area contributed by atoms with Gasteiger partial charge in [-0.3, -0.25) is 9.29 Å². The highest BCUT2D eigenvalue weighted by Gasteiger charge is 2.17. The van der Waals surface area contributed by atoms with Crippen molar-refractivity contribution in [2.75, 3.05) is 4.72 Å². The summed E-state index contributed by atoms with van der Waals surface area (Å²) in [6, 6.07) is 12.9. The summed E-state index contributed by atoms with van der Waals surface area (Å²) in [5.41, 5.74) is 0.993. The van der Waals surface area contributed by atoms with Gasteiger partial charge in [0.1, 0.15) is 24.2 Å². The summed E-state index contributed by atoms with van der Waals surface area (Å²) in [5.74, 6) is 1.45. The minimum atomic E-state index is -3.77. The second-order valence-corrected chi connectivity index (χ2v) is 8.41. The fraction of sp³-hybridized carbons (Fsp3) is 0.0500. The number of sulfonamides is 1. The molecule has 0 bridgehead atoms. The molecule has 8 nitrogen and oxygen atoms in total. The molecule has 0 unspecified atom stereocenters. The van der Waals surface area contributed by atoms with Gasteiger partial charge in [0, 0.05) is 29.2 Å². The van der Waals surface area contributed by atoms with Crippen LogP contribution in [0, 0.1) is 6.92 Å². The number of nitrogens with one attached hydrogen (secondary N) is 1. The number of halogens is 1. The Morgan fingerprint density at radius 2 is 1.87 bits per heavy atom. The third-order valence-corrected chi connectivity index (χ3v) is 5.92. The first-order valence-corrected chi connectivity index (χ1v) is 10.6. The van der Waals surface area contributed by atoms with E-state index in [9.17, 15) is 8.42 Å². The fourth-order valence-corrected chi connectivity index (χ4v) is 4.27. The van der Waals surface area contributed by atoms with Crippen molar-refractivity contribution < 1.29 is 13.2 Å². The standard InChI is InChI=1S/C20H16ClN5O3S/c1-14-2-3-15(21)10-18(14)30(27,28)25-16-4-6-17(7-5-16)29-20-11-19(23-12-24-20)26-9-8-22-13-26/h2-13,25H,1H3. The van der Waals surface area contributed by atoms with E-state index in [1.165, 1.54) is 12.4 Å². The third-order valence-electron chi connectivity index (χ3n) is 4.17. The van der Waals surface area contributed by atoms with Crippen LogP contribution in [0.4, 0.5) is 5.69 Å². The highest BCUT2D eigenvalue weighted by atomic mass is 35.5. The van der Waals surface area contributed by atoms with Crippen LogP contribution in [0.3, 0.4) is 0 Å². The van der Waals surface area contributed by atoms with Crippen molar-refractivity contribution in [1.29, 1.82) is 0 Å². The highest BCUT2D eigenvalue weighted by molar-refractivity contribution is 7.92. The van der Waals surface area contributed by atoms with Crippen molar-refractivity contribution in [2.24, 2.45) is 0 Å². The number of hydrogen-bond acceptors (Lipinski definition) is 6. The highest BCUT2D eigenvalue weighted by Crippen LogP contribution is 2.26. The molecule has 0 aliphatic carbocycles. The molecule has 1 N–H and O–H groups in total. The van der Waals surface area contributed by atoms with Crippen LogP contribution < -0.4 is 9.46 Å². The zero-order chi connectivity index (χ0) is 21.1. The Kier molecular flexibility index (Phi) is 5.39. The van der Waals surface area contributed by atoms with E-state index < -0.39 is 10.0 Å². The summed E-state index contributed by atoms with van der Waals surface area (Å²) in [4.78, 5) is 12.4. The van der Waals surface area contributed by atoms with E-state index in [0.29, 0.717) is 33.7 Å². The Balaban J connectivity index is 1.50. The molecule has 0 fully saturated rings. The van der Waals surface area contributed by atoms with Gasteiger partial charge in [-0.1, -0.05) is 17.7 Å². The predicted molar refractivity (Wildman–Crippen MR) is 113 cm³/mol. The summed E-state index contributed by atoms with van der Waals surface area (Å²) in [6.07, 6.45) is 6.41. The second-order valence-electron chi connectivity index (χ2n) is 6.33. The Morgan fingerprint density at radius 1 is 1.07 bits per heavy atom. The van der Waals surface area contributed by atoms with Crippen LogP contribution in [0.15, 0.2) is 78.5 Å². The topological polar surface area (TPSA) is 99.0 Å². The Bertz CT molecular complexity index is 1280. The van der Waals surface area contributed by atoms with Crippen LogP contribution in [0.2, 0.25) is 5.02 Å². The lowest BCUT2D eigenvalue weighted by atomic mass is 10.2. The van der Waals surface area contributed by atoms with Gasteiger partial charge in [-0.15, -0.1) is 0 Å². The smallest absolute Gasteiger partial charge is 0.262 e. The van der Waals surface area contributed by atoms with Crippen molar-refractivity contribution in [3.05, 3.63) is 84.2 Å². The maximum absolute atomic E-state index is 12.7. The maximum atomic E-state index is 12.7. The molecular formula is C20H16ClN5O3S. The molecule has 0 spiro atoms. The lowest BCUT2D eigenvalue weighted by molar-refractivity contribution is 0.461. The first-order chi connectivity index (χ1) is 14.4. The summed E-state index contributed by atoms with van der Waals surface area (Å²) < 4.78 is 35.4. The van der Waals surface area contributed by atoms with E-state index in [0.717, 1.165) is 0 Å². The zero-order valence-electron chi connectivity index (χ0n) is 15.7. The van der Waals surface area contributed by atoms with Crippen molar-refractivity contribution in [3.8, 4) is 17.4 Å². The number of aryl methyl sites for hydroxylation is 1. The second kappa shape index (κ2) is 8.13. The van der Waals surface area contributed by atoms with Crippen molar-refractivity contribution in [2.45, 2.75) is 11.8 Å². The predicted octanol–water partition coefficient (Wildman–Crippen LogP) is 4.22. The molecule has 0 saturated carbocycles. The van der Waals surface area contributed by atoms with Crippen LogP contribution in [0.1, 0.15) is 5.56 Å². The number of hydrogen-bond donors (Lipinski definition) is 1. The molecule has 2 aromatic heterocycles. The van der Waals surface area contributed by atoms with Gasteiger partial charge >= 0.3 is 0 Å². The van der Waals surface area contributed by atoms with Gasteiger partial charge in [-0.2, -0.15) is 0 Å². The van der Waals surface area contributed by atoms with Crippen LogP contribution in [0.25, 0.3) is 5.82 Å². The number of rotatable bonds is 6. The molecule has 10 heteroatoms.